The molecule has 0 aliphatic rings. The number of hydrogen-bond donors (Lipinski definition) is 7. The van der Waals surface area contributed by atoms with Crippen LogP contribution in [0.1, 0.15) is 32.3 Å². The number of aliphatic carboxylic acids is 1. The largest absolute Gasteiger partial charge is 0.480 e. The number of carbonyl (C=O) groups excluding carboxylic acids is 4. The zero-order valence-electron chi connectivity index (χ0n) is 19.7. The lowest BCUT2D eigenvalue weighted by molar-refractivity contribution is -0.142. The molecule has 0 fully saturated rings. The molecule has 0 saturated carbocycles. The number of aromatic amines is 1. The van der Waals surface area contributed by atoms with E-state index in [1.165, 1.54) is 0 Å². The normalized spacial score (nSPS) is 13.6. The van der Waals surface area contributed by atoms with Gasteiger partial charge in [0, 0.05) is 17.1 Å². The van der Waals surface area contributed by atoms with Gasteiger partial charge in [0.25, 0.3) is 0 Å². The van der Waals surface area contributed by atoms with Crippen LogP contribution >= 0.6 is 0 Å². The average Bonchev–Trinajstić information content (AvgIpc) is 3.18. The Labute approximate surface area is 202 Å². The Bertz CT molecular complexity index is 1080. The van der Waals surface area contributed by atoms with Gasteiger partial charge in [0.05, 0.1) is 19.0 Å². The number of rotatable bonds is 13. The fourth-order valence-corrected chi connectivity index (χ4v) is 3.55. The number of carbonyl (C=O) groups is 5. The van der Waals surface area contributed by atoms with Crippen LogP contribution in [0.4, 0.5) is 0 Å². The first-order valence-corrected chi connectivity index (χ1v) is 11.2. The van der Waals surface area contributed by atoms with E-state index >= 15 is 0 Å². The molecule has 9 N–H and O–H groups in total. The van der Waals surface area contributed by atoms with Crippen LogP contribution in [0.15, 0.2) is 30.5 Å². The van der Waals surface area contributed by atoms with Crippen LogP contribution in [0.25, 0.3) is 10.9 Å². The van der Waals surface area contributed by atoms with Crippen LogP contribution < -0.4 is 27.4 Å². The number of amides is 4. The van der Waals surface area contributed by atoms with Crippen molar-refractivity contribution in [1.82, 2.24) is 20.9 Å². The summed E-state index contributed by atoms with van der Waals surface area (Å²) in [7, 11) is 0. The molecule has 0 radical (unpaired) electrons. The molecule has 35 heavy (non-hydrogen) atoms. The topological polar surface area (TPSA) is 209 Å². The molecule has 1 heterocycles. The Balaban J connectivity index is 1.92. The van der Waals surface area contributed by atoms with Gasteiger partial charge in [0.2, 0.25) is 23.6 Å². The fourth-order valence-electron chi connectivity index (χ4n) is 3.55. The van der Waals surface area contributed by atoms with Crippen molar-refractivity contribution in [2.24, 2.45) is 17.4 Å². The molecule has 4 amide bonds. The summed E-state index contributed by atoms with van der Waals surface area (Å²) in [6, 6.07) is 4.03. The number of primary amides is 1. The van der Waals surface area contributed by atoms with Crippen molar-refractivity contribution >= 4 is 40.5 Å². The first kappa shape index (κ1) is 27.3. The minimum atomic E-state index is -1.40. The molecule has 12 nitrogen and oxygen atoms in total. The molecule has 0 bridgehead atoms. The van der Waals surface area contributed by atoms with Crippen LogP contribution in [0, 0.1) is 5.92 Å². The van der Waals surface area contributed by atoms with Crippen LogP contribution in [-0.2, 0) is 30.4 Å². The smallest absolute Gasteiger partial charge is 0.326 e. The zero-order chi connectivity index (χ0) is 26.1. The Hall–Kier alpha value is -3.93. The molecule has 0 aliphatic heterocycles. The summed E-state index contributed by atoms with van der Waals surface area (Å²) < 4.78 is 0. The van der Waals surface area contributed by atoms with Gasteiger partial charge >= 0.3 is 5.97 Å². The quantitative estimate of drug-likeness (QED) is 0.189. The van der Waals surface area contributed by atoms with E-state index in [9.17, 15) is 29.1 Å². The van der Waals surface area contributed by atoms with Crippen molar-refractivity contribution in [3.63, 3.8) is 0 Å². The molecule has 190 valence electrons. The lowest BCUT2D eigenvalue weighted by atomic mass is 10.0. The number of carboxylic acids is 1. The molecule has 2 aromatic rings. The van der Waals surface area contributed by atoms with E-state index < -0.39 is 60.7 Å². The van der Waals surface area contributed by atoms with Crippen molar-refractivity contribution in [2.45, 2.75) is 51.2 Å². The second kappa shape index (κ2) is 12.5. The number of nitrogens with two attached hydrogens (primary N) is 2. The highest BCUT2D eigenvalue weighted by Crippen LogP contribution is 2.18. The number of H-pyrrole nitrogens is 1. The number of hydrogen-bond acceptors (Lipinski definition) is 6. The number of para-hydroxylation sites is 1. The van der Waals surface area contributed by atoms with Gasteiger partial charge in [-0.3, -0.25) is 19.2 Å². The predicted molar refractivity (Wildman–Crippen MR) is 128 cm³/mol. The van der Waals surface area contributed by atoms with Crippen molar-refractivity contribution in [3.8, 4) is 0 Å². The molecule has 12 heteroatoms. The van der Waals surface area contributed by atoms with Crippen LogP contribution in [0.5, 0.6) is 0 Å². The lowest BCUT2D eigenvalue weighted by Crippen LogP contribution is -2.55. The minimum absolute atomic E-state index is 0.0238. The van der Waals surface area contributed by atoms with E-state index in [4.69, 9.17) is 11.5 Å². The first-order chi connectivity index (χ1) is 16.5. The maximum absolute atomic E-state index is 12.5. The Morgan fingerprint density at radius 2 is 1.71 bits per heavy atom. The third-order valence-electron chi connectivity index (χ3n) is 5.25. The van der Waals surface area contributed by atoms with Gasteiger partial charge in [-0.2, -0.15) is 0 Å². The highest BCUT2D eigenvalue weighted by molar-refractivity contribution is 5.95. The standard InChI is InChI=1S/C23H32N6O6/c1-12(2)7-18(23(34)35)29-22(33)17(9-19(25)30)28-20(31)11-27-21(32)15(24)8-13-10-26-16-6-4-3-5-14(13)16/h3-6,10,12,15,17-18,26H,7-9,11,24H2,1-2H3,(H2,25,30)(H,27,32)(H,28,31)(H,29,33)(H,34,35). The number of carboxylic acid groups (broad SMARTS) is 1. The van der Waals surface area contributed by atoms with E-state index in [1.807, 2.05) is 24.3 Å². The maximum atomic E-state index is 12.5. The van der Waals surface area contributed by atoms with Gasteiger partial charge in [-0.1, -0.05) is 32.0 Å². The summed E-state index contributed by atoms with van der Waals surface area (Å²) in [6.07, 6.45) is 1.61. The Kier molecular flexibility index (Phi) is 9.76. The van der Waals surface area contributed by atoms with Gasteiger partial charge < -0.3 is 37.5 Å². The highest BCUT2D eigenvalue weighted by Gasteiger charge is 2.28. The fraction of sp³-hybridized carbons (Fsp3) is 0.435. The molecule has 3 unspecified atom stereocenters. The van der Waals surface area contributed by atoms with Crippen molar-refractivity contribution in [3.05, 3.63) is 36.0 Å². The highest BCUT2D eigenvalue weighted by atomic mass is 16.4. The molecule has 3 atom stereocenters. The molecule has 1 aromatic carbocycles. The van der Waals surface area contributed by atoms with Crippen molar-refractivity contribution < 1.29 is 29.1 Å². The van der Waals surface area contributed by atoms with Gasteiger partial charge in [0.1, 0.15) is 12.1 Å². The van der Waals surface area contributed by atoms with Crippen LogP contribution in [-0.4, -0.2) is 64.4 Å². The number of fused-ring (bicyclic) bond motifs is 1. The maximum Gasteiger partial charge on any atom is 0.326 e. The predicted octanol–water partition coefficient (Wildman–Crippen LogP) is -0.870. The Morgan fingerprint density at radius 1 is 1.03 bits per heavy atom. The summed E-state index contributed by atoms with van der Waals surface area (Å²) in [5, 5.41) is 17.3. The number of benzene rings is 1. The van der Waals surface area contributed by atoms with Crippen LogP contribution in [0.2, 0.25) is 0 Å². The molecule has 0 saturated heterocycles. The van der Waals surface area contributed by atoms with Gasteiger partial charge in [0.15, 0.2) is 0 Å². The third-order valence-corrected chi connectivity index (χ3v) is 5.25. The number of aromatic nitrogens is 1. The molecule has 2 rings (SSSR count). The summed E-state index contributed by atoms with van der Waals surface area (Å²) in [5.74, 6) is -4.35. The molecule has 0 aliphatic carbocycles. The summed E-state index contributed by atoms with van der Waals surface area (Å²) >= 11 is 0. The zero-order valence-corrected chi connectivity index (χ0v) is 19.7. The van der Waals surface area contributed by atoms with Gasteiger partial charge in [-0.05, 0) is 30.4 Å². The van der Waals surface area contributed by atoms with E-state index in [0.29, 0.717) is 0 Å². The van der Waals surface area contributed by atoms with Crippen molar-refractivity contribution in [1.29, 1.82) is 0 Å². The van der Waals surface area contributed by atoms with Gasteiger partial charge in [-0.25, -0.2) is 4.79 Å². The van der Waals surface area contributed by atoms with Crippen molar-refractivity contribution in [2.75, 3.05) is 6.54 Å². The average molecular weight is 489 g/mol. The van der Waals surface area contributed by atoms with E-state index in [-0.39, 0.29) is 18.8 Å². The number of nitrogens with one attached hydrogen (secondary N) is 4. The summed E-state index contributed by atoms with van der Waals surface area (Å²) in [5.41, 5.74) is 12.9. The van der Waals surface area contributed by atoms with E-state index in [1.54, 1.807) is 20.0 Å². The molecular formula is C23H32N6O6. The van der Waals surface area contributed by atoms with E-state index in [0.717, 1.165) is 16.5 Å². The van der Waals surface area contributed by atoms with Crippen LogP contribution in [0.3, 0.4) is 0 Å². The van der Waals surface area contributed by atoms with Gasteiger partial charge in [-0.15, -0.1) is 0 Å². The molecule has 1 aromatic heterocycles. The first-order valence-electron chi connectivity index (χ1n) is 11.2. The SMILES string of the molecule is CC(C)CC(NC(=O)C(CC(N)=O)NC(=O)CNC(=O)C(N)Cc1c[nH]c2ccccc12)C(=O)O. The lowest BCUT2D eigenvalue weighted by Gasteiger charge is -2.22. The second-order valence-electron chi connectivity index (χ2n) is 8.71. The second-order valence-corrected chi connectivity index (χ2v) is 8.71. The monoisotopic (exact) mass is 488 g/mol. The Morgan fingerprint density at radius 3 is 2.34 bits per heavy atom. The summed E-state index contributed by atoms with van der Waals surface area (Å²) in [6.45, 7) is 3.07. The summed E-state index contributed by atoms with van der Waals surface area (Å²) in [4.78, 5) is 63.1. The van der Waals surface area contributed by atoms with E-state index in [2.05, 4.69) is 20.9 Å². The molecular weight excluding hydrogens is 456 g/mol. The molecule has 0 spiro atoms. The minimum Gasteiger partial charge on any atom is -0.480 e. The third kappa shape index (κ3) is 8.41.